The van der Waals surface area contributed by atoms with E-state index >= 15 is 0 Å². The maximum absolute atomic E-state index is 12.5. The molecule has 0 aromatic heterocycles. The van der Waals surface area contributed by atoms with Crippen LogP contribution in [-0.4, -0.2) is 41.5 Å². The Bertz CT molecular complexity index is 941. The molecule has 1 aliphatic heterocycles. The number of nitrogens with one attached hydrogen (secondary N) is 1. The van der Waals surface area contributed by atoms with Crippen molar-refractivity contribution in [2.45, 2.75) is 63.0 Å². The van der Waals surface area contributed by atoms with Gasteiger partial charge in [0.15, 0.2) is 0 Å². The predicted molar refractivity (Wildman–Crippen MR) is 129 cm³/mol. The van der Waals surface area contributed by atoms with Gasteiger partial charge in [-0.25, -0.2) is 4.79 Å². The Balaban J connectivity index is 0.00000204. The minimum Gasteiger partial charge on any atom is -0.458 e. The van der Waals surface area contributed by atoms with Gasteiger partial charge in [-0.1, -0.05) is 38.1 Å². The second-order valence-electron chi connectivity index (χ2n) is 10.2. The molecule has 3 aliphatic rings. The van der Waals surface area contributed by atoms with Crippen molar-refractivity contribution in [3.8, 4) is 0 Å². The first kappa shape index (κ1) is 31.3. The van der Waals surface area contributed by atoms with E-state index in [-0.39, 0.29) is 124 Å². The molecule has 0 spiro atoms. The molecule has 6 atom stereocenters. The summed E-state index contributed by atoms with van der Waals surface area (Å²) in [6.45, 7) is 9.03. The number of para-hydroxylation sites is 1. The molecule has 5 nitrogen and oxygen atoms in total. The van der Waals surface area contributed by atoms with Gasteiger partial charge < -0.3 is 20.3 Å². The van der Waals surface area contributed by atoms with Crippen molar-refractivity contribution < 1.29 is 108 Å². The molecule has 0 bridgehead atoms. The number of hydrogen-bond acceptors (Lipinski definition) is 6. The van der Waals surface area contributed by atoms with Crippen LogP contribution in [-0.2, 0) is 9.53 Å². The number of benzene rings is 1. The summed E-state index contributed by atoms with van der Waals surface area (Å²) in [6, 6.07) is 7.55. The van der Waals surface area contributed by atoms with Crippen LogP contribution in [0.15, 0.2) is 53.0 Å². The molecule has 1 heterocycles. The van der Waals surface area contributed by atoms with Gasteiger partial charge in [0.05, 0.1) is 24.3 Å². The molecule has 3 N–H and O–H groups in total. The van der Waals surface area contributed by atoms with E-state index in [1.807, 2.05) is 37.3 Å². The zero-order valence-corrected chi connectivity index (χ0v) is 30.6. The fourth-order valence-electron chi connectivity index (χ4n) is 6.58. The first-order chi connectivity index (χ1) is 15.2. The summed E-state index contributed by atoms with van der Waals surface area (Å²) in [5, 5.41) is 24.6. The third-order valence-electron chi connectivity index (χ3n) is 8.53. The number of ether oxygens (including phenoxy) is 1. The number of allylic oxidation sites excluding steroid dienone is 1. The number of carbonyl (C=O) groups excluding carboxylic acids is 1. The van der Waals surface area contributed by atoms with E-state index in [1.165, 1.54) is 5.57 Å². The van der Waals surface area contributed by atoms with Crippen molar-refractivity contribution in [1.82, 2.24) is 0 Å². The van der Waals surface area contributed by atoms with Gasteiger partial charge >= 0.3 is 5.97 Å². The molecule has 3 unspecified atom stereocenters. The Morgan fingerprint density at radius 1 is 1.26 bits per heavy atom. The third kappa shape index (κ3) is 5.90. The summed E-state index contributed by atoms with van der Waals surface area (Å²) in [5.74, 6) is 0.0570. The molecular weight excluding hydrogens is 876 g/mol. The molecule has 2 radical (unpaired) electrons. The van der Waals surface area contributed by atoms with Crippen LogP contribution in [0.4, 0.5) is 5.69 Å². The number of thiol groups is 1. The van der Waals surface area contributed by atoms with Gasteiger partial charge in [-0.3, -0.25) is 0 Å². The van der Waals surface area contributed by atoms with Crippen molar-refractivity contribution in [2.24, 2.45) is 22.7 Å². The number of fused-ring (bicyclic) bond motifs is 1. The van der Waals surface area contributed by atoms with Crippen LogP contribution >= 0.6 is 12.6 Å². The van der Waals surface area contributed by atoms with E-state index in [1.54, 1.807) is 0 Å². The maximum Gasteiger partial charge on any atom is 0.336 e. The average Bonchev–Trinajstić information content (AvgIpc) is 3.20. The number of aliphatic hydroxyl groups excluding tert-OH is 2. The second-order valence-corrected chi connectivity index (χ2v) is 10.7. The van der Waals surface area contributed by atoms with Crippen molar-refractivity contribution in [3.05, 3.63) is 48.1 Å². The SMILES string of the molecule is C=C1CCC2[C@](C)(CO)C(O)CC[C@]2(C)[C@H]1CC(Nc1ccccc1S)C1=CCOC1=O.[Ac].[Ac]. The van der Waals surface area contributed by atoms with E-state index < -0.39 is 11.5 Å². The minimum atomic E-state index is -0.530. The molecule has 2 saturated carbocycles. The van der Waals surface area contributed by atoms with Crippen LogP contribution in [0, 0.1) is 111 Å². The van der Waals surface area contributed by atoms with E-state index in [4.69, 9.17) is 4.74 Å². The first-order valence-corrected chi connectivity index (χ1v) is 12.0. The zero-order valence-electron chi connectivity index (χ0n) is 20.2. The smallest absolute Gasteiger partial charge is 0.336 e. The average molecular weight is 912 g/mol. The topological polar surface area (TPSA) is 78.8 Å². The third-order valence-corrected chi connectivity index (χ3v) is 8.92. The van der Waals surface area contributed by atoms with Gasteiger partial charge in [-0.2, -0.15) is 0 Å². The monoisotopic (exact) mass is 911 g/mol. The number of cyclic esters (lactones) is 1. The number of hydrogen-bond donors (Lipinski definition) is 4. The summed E-state index contributed by atoms with van der Waals surface area (Å²) in [6.07, 6.45) is 5.39. The Morgan fingerprint density at radius 3 is 2.59 bits per heavy atom. The van der Waals surface area contributed by atoms with Gasteiger partial charge in [0.1, 0.15) is 6.61 Å². The fraction of sp³-hybridized carbons (Fsp3) is 0.577. The number of rotatable bonds is 6. The van der Waals surface area contributed by atoms with Crippen LogP contribution in [0.3, 0.4) is 0 Å². The molecule has 2 aliphatic carbocycles. The predicted octanol–water partition coefficient (Wildman–Crippen LogP) is 4.37. The molecule has 8 heteroatoms. The van der Waals surface area contributed by atoms with Crippen LogP contribution in [0.5, 0.6) is 0 Å². The van der Waals surface area contributed by atoms with E-state index in [0.717, 1.165) is 29.8 Å². The molecule has 34 heavy (non-hydrogen) atoms. The normalized spacial score (nSPS) is 33.6. The standard InChI is InChI=1S/C26H35NO4S.2Ac/c1-16-8-9-22-25(2,12-10-23(29)26(22,3)15-28)18(16)14-20(17-11-13-31-24(17)30)27-19-6-4-5-7-21(19)32;;/h4-7,11,18,20,22-23,27-29,32H,1,8-10,12-15H2,2-3H3;;/t18-,20?,22?,23?,25+,26-;;/m0../s1. The molecule has 0 saturated heterocycles. The number of carbonyl (C=O) groups is 1. The van der Waals surface area contributed by atoms with Crippen LogP contribution in [0.1, 0.15) is 46.0 Å². The maximum atomic E-state index is 12.5. The van der Waals surface area contributed by atoms with Crippen LogP contribution < -0.4 is 5.32 Å². The Hall–Kier alpha value is 1.12. The Kier molecular flexibility index (Phi) is 11.8. The molecule has 0 amide bonds. The van der Waals surface area contributed by atoms with Crippen LogP contribution in [0.2, 0.25) is 0 Å². The van der Waals surface area contributed by atoms with Gasteiger partial charge in [-0.05, 0) is 67.6 Å². The Morgan fingerprint density at radius 2 is 1.97 bits per heavy atom. The minimum absolute atomic E-state index is 0. The number of anilines is 1. The molecule has 180 valence electrons. The fourth-order valence-corrected chi connectivity index (χ4v) is 6.80. The number of esters is 1. The second kappa shape index (κ2) is 12.8. The van der Waals surface area contributed by atoms with Gasteiger partial charge in [-0.15, -0.1) is 12.6 Å². The molecule has 4 rings (SSSR count). The van der Waals surface area contributed by atoms with Crippen molar-refractivity contribution in [2.75, 3.05) is 18.5 Å². The van der Waals surface area contributed by atoms with Crippen molar-refractivity contribution in [3.63, 3.8) is 0 Å². The quantitative estimate of drug-likeness (QED) is 0.194. The van der Waals surface area contributed by atoms with Gasteiger partial charge in [0.2, 0.25) is 0 Å². The largest absolute Gasteiger partial charge is 0.458 e. The summed E-state index contributed by atoms with van der Waals surface area (Å²) >= 11 is 4.59. The van der Waals surface area contributed by atoms with Crippen molar-refractivity contribution >= 4 is 24.3 Å². The van der Waals surface area contributed by atoms with Gasteiger partial charge in [0.25, 0.3) is 0 Å². The summed E-state index contributed by atoms with van der Waals surface area (Å²) in [4.78, 5) is 13.4. The Labute approximate surface area is 280 Å². The van der Waals surface area contributed by atoms with E-state index in [2.05, 4.69) is 31.4 Å². The summed E-state index contributed by atoms with van der Waals surface area (Å²) in [7, 11) is 0. The van der Waals surface area contributed by atoms with Crippen molar-refractivity contribution in [1.29, 1.82) is 0 Å². The zero-order chi connectivity index (χ0) is 23.1. The van der Waals surface area contributed by atoms with E-state index in [0.29, 0.717) is 25.0 Å². The molecule has 2 fully saturated rings. The molecule has 1 aromatic carbocycles. The molecule has 1 aromatic rings. The first-order valence-electron chi connectivity index (χ1n) is 11.6. The molecular formula is C26H35Ac2NO4S. The van der Waals surface area contributed by atoms with E-state index in [9.17, 15) is 15.0 Å². The van der Waals surface area contributed by atoms with Crippen LogP contribution in [0.25, 0.3) is 0 Å². The summed E-state index contributed by atoms with van der Waals surface area (Å²) in [5.41, 5.74) is 2.08. The summed E-state index contributed by atoms with van der Waals surface area (Å²) < 4.78 is 5.25. The number of aliphatic hydroxyl groups is 2. The van der Waals surface area contributed by atoms with Gasteiger partial charge in [0, 0.05) is 104 Å².